The lowest BCUT2D eigenvalue weighted by atomic mass is 10.1. The Bertz CT molecular complexity index is 724. The van der Waals surface area contributed by atoms with Gasteiger partial charge in [-0.1, -0.05) is 30.3 Å². The van der Waals surface area contributed by atoms with Crippen LogP contribution in [-0.2, 0) is 11.2 Å². The zero-order valence-corrected chi connectivity index (χ0v) is 13.6. The molecular weight excluding hydrogens is 302 g/mol. The van der Waals surface area contributed by atoms with Crippen molar-refractivity contribution in [3.05, 3.63) is 72.3 Å². The van der Waals surface area contributed by atoms with Crippen LogP contribution >= 0.6 is 0 Å². The second kappa shape index (κ2) is 8.53. The van der Waals surface area contributed by atoms with Crippen molar-refractivity contribution in [3.63, 3.8) is 0 Å². The lowest BCUT2D eigenvalue weighted by Crippen LogP contribution is -2.28. The molecule has 0 radical (unpaired) electrons. The molecule has 0 saturated heterocycles. The number of urea groups is 1. The molecule has 0 aromatic heterocycles. The van der Waals surface area contributed by atoms with E-state index in [1.165, 1.54) is 0 Å². The molecule has 0 atom stereocenters. The van der Waals surface area contributed by atoms with Crippen LogP contribution in [0.25, 0.3) is 0 Å². The standard InChI is InChI=1S/C19H21N3O2/c1-3-12-20-19(24)22-17-10-8-16(9-11-17)21-18(23)13-15-7-5-4-6-14(15)2/h3-11H,1,12-13H2,2H3,(H,21,23)(H2,20,22,24). The van der Waals surface area contributed by atoms with Gasteiger partial charge in [-0.05, 0) is 42.3 Å². The Balaban J connectivity index is 1.89. The van der Waals surface area contributed by atoms with Crippen molar-refractivity contribution >= 4 is 23.3 Å². The molecule has 0 bridgehead atoms. The van der Waals surface area contributed by atoms with Crippen molar-refractivity contribution in [3.8, 4) is 0 Å². The van der Waals surface area contributed by atoms with Gasteiger partial charge in [0.1, 0.15) is 0 Å². The number of hydrogen-bond acceptors (Lipinski definition) is 2. The monoisotopic (exact) mass is 323 g/mol. The minimum Gasteiger partial charge on any atom is -0.334 e. The molecule has 2 aromatic carbocycles. The van der Waals surface area contributed by atoms with Crippen LogP contribution in [0, 0.1) is 6.92 Å². The molecule has 3 amide bonds. The van der Waals surface area contributed by atoms with E-state index in [9.17, 15) is 9.59 Å². The minimum atomic E-state index is -0.300. The van der Waals surface area contributed by atoms with Crippen LogP contribution in [0.5, 0.6) is 0 Å². The number of carbonyl (C=O) groups excluding carboxylic acids is 2. The molecule has 0 fully saturated rings. The summed E-state index contributed by atoms with van der Waals surface area (Å²) in [4.78, 5) is 23.6. The maximum Gasteiger partial charge on any atom is 0.319 e. The van der Waals surface area contributed by atoms with Crippen molar-refractivity contribution in [1.82, 2.24) is 5.32 Å². The lowest BCUT2D eigenvalue weighted by molar-refractivity contribution is -0.115. The van der Waals surface area contributed by atoms with E-state index in [0.717, 1.165) is 11.1 Å². The van der Waals surface area contributed by atoms with E-state index in [-0.39, 0.29) is 11.9 Å². The zero-order valence-electron chi connectivity index (χ0n) is 13.6. The average Bonchev–Trinajstić information content (AvgIpc) is 2.57. The van der Waals surface area contributed by atoms with Gasteiger partial charge in [0, 0.05) is 17.9 Å². The zero-order chi connectivity index (χ0) is 17.4. The summed E-state index contributed by atoms with van der Waals surface area (Å²) in [7, 11) is 0. The van der Waals surface area contributed by atoms with E-state index in [4.69, 9.17) is 0 Å². The predicted molar refractivity (Wildman–Crippen MR) is 97.2 cm³/mol. The Hall–Kier alpha value is -3.08. The Morgan fingerprint density at radius 2 is 1.62 bits per heavy atom. The second-order valence-electron chi connectivity index (χ2n) is 5.35. The van der Waals surface area contributed by atoms with Gasteiger partial charge in [0.2, 0.25) is 5.91 Å². The number of aryl methyl sites for hydroxylation is 1. The lowest BCUT2D eigenvalue weighted by Gasteiger charge is -2.09. The molecule has 2 aromatic rings. The van der Waals surface area contributed by atoms with Gasteiger partial charge in [-0.2, -0.15) is 0 Å². The van der Waals surface area contributed by atoms with Gasteiger partial charge in [0.25, 0.3) is 0 Å². The number of amides is 3. The normalized spacial score (nSPS) is 9.88. The van der Waals surface area contributed by atoms with E-state index in [1.54, 1.807) is 30.3 Å². The molecular formula is C19H21N3O2. The smallest absolute Gasteiger partial charge is 0.319 e. The number of carbonyl (C=O) groups is 2. The Morgan fingerprint density at radius 3 is 2.25 bits per heavy atom. The molecule has 24 heavy (non-hydrogen) atoms. The van der Waals surface area contributed by atoms with Crippen LogP contribution in [0.3, 0.4) is 0 Å². The molecule has 0 spiro atoms. The second-order valence-corrected chi connectivity index (χ2v) is 5.35. The first-order valence-corrected chi connectivity index (χ1v) is 7.68. The topological polar surface area (TPSA) is 70.2 Å². The van der Waals surface area contributed by atoms with E-state index in [2.05, 4.69) is 22.5 Å². The molecule has 0 aliphatic rings. The van der Waals surface area contributed by atoms with Gasteiger partial charge in [0.15, 0.2) is 0 Å². The Morgan fingerprint density at radius 1 is 1.00 bits per heavy atom. The van der Waals surface area contributed by atoms with E-state index in [1.807, 2.05) is 31.2 Å². The first-order chi connectivity index (χ1) is 11.6. The first-order valence-electron chi connectivity index (χ1n) is 7.68. The third-order valence-corrected chi connectivity index (χ3v) is 3.45. The summed E-state index contributed by atoms with van der Waals surface area (Å²) in [5, 5.41) is 8.17. The molecule has 0 heterocycles. The SMILES string of the molecule is C=CCNC(=O)Nc1ccc(NC(=O)Cc2ccccc2C)cc1. The number of rotatable bonds is 6. The third-order valence-electron chi connectivity index (χ3n) is 3.45. The summed E-state index contributed by atoms with van der Waals surface area (Å²) < 4.78 is 0. The van der Waals surface area contributed by atoms with Crippen molar-refractivity contribution in [1.29, 1.82) is 0 Å². The highest BCUT2D eigenvalue weighted by Crippen LogP contribution is 2.14. The summed E-state index contributed by atoms with van der Waals surface area (Å²) in [6.45, 7) is 5.92. The van der Waals surface area contributed by atoms with Gasteiger partial charge in [0.05, 0.1) is 6.42 Å². The third kappa shape index (κ3) is 5.28. The van der Waals surface area contributed by atoms with Gasteiger partial charge in [-0.3, -0.25) is 4.79 Å². The highest BCUT2D eigenvalue weighted by atomic mass is 16.2. The quantitative estimate of drug-likeness (QED) is 0.712. The molecule has 0 aliphatic carbocycles. The molecule has 5 heteroatoms. The molecule has 0 aliphatic heterocycles. The van der Waals surface area contributed by atoms with E-state index < -0.39 is 0 Å². The molecule has 0 saturated carbocycles. The van der Waals surface area contributed by atoms with Crippen molar-refractivity contribution in [2.75, 3.05) is 17.2 Å². The number of hydrogen-bond donors (Lipinski definition) is 3. The number of nitrogens with one attached hydrogen (secondary N) is 3. The molecule has 0 unspecified atom stereocenters. The van der Waals surface area contributed by atoms with Crippen LogP contribution in [0.1, 0.15) is 11.1 Å². The summed E-state index contributed by atoms with van der Waals surface area (Å²) >= 11 is 0. The molecule has 5 nitrogen and oxygen atoms in total. The number of anilines is 2. The molecule has 3 N–H and O–H groups in total. The van der Waals surface area contributed by atoms with Crippen LogP contribution in [-0.4, -0.2) is 18.5 Å². The Kier molecular flexibility index (Phi) is 6.14. The van der Waals surface area contributed by atoms with E-state index >= 15 is 0 Å². The largest absolute Gasteiger partial charge is 0.334 e. The summed E-state index contributed by atoms with van der Waals surface area (Å²) in [5.41, 5.74) is 3.43. The highest BCUT2D eigenvalue weighted by Gasteiger charge is 2.06. The van der Waals surface area contributed by atoms with Crippen LogP contribution in [0.15, 0.2) is 61.2 Å². The van der Waals surface area contributed by atoms with Crippen LogP contribution in [0.4, 0.5) is 16.2 Å². The highest BCUT2D eigenvalue weighted by molar-refractivity contribution is 5.93. The fraction of sp³-hybridized carbons (Fsp3) is 0.158. The van der Waals surface area contributed by atoms with Crippen LogP contribution < -0.4 is 16.0 Å². The van der Waals surface area contributed by atoms with Crippen LogP contribution in [0.2, 0.25) is 0 Å². The molecule has 124 valence electrons. The van der Waals surface area contributed by atoms with Gasteiger partial charge >= 0.3 is 6.03 Å². The Labute approximate surface area is 141 Å². The first kappa shape index (κ1) is 17.3. The van der Waals surface area contributed by atoms with Crippen molar-refractivity contribution < 1.29 is 9.59 Å². The average molecular weight is 323 g/mol. The minimum absolute atomic E-state index is 0.0752. The number of benzene rings is 2. The van der Waals surface area contributed by atoms with Crippen molar-refractivity contribution in [2.45, 2.75) is 13.3 Å². The fourth-order valence-electron chi connectivity index (χ4n) is 2.16. The maximum absolute atomic E-state index is 12.1. The van der Waals surface area contributed by atoms with Gasteiger partial charge in [-0.25, -0.2) is 4.79 Å². The predicted octanol–water partition coefficient (Wildman–Crippen LogP) is 3.48. The van der Waals surface area contributed by atoms with Gasteiger partial charge in [-0.15, -0.1) is 6.58 Å². The van der Waals surface area contributed by atoms with Crippen molar-refractivity contribution in [2.24, 2.45) is 0 Å². The fourth-order valence-corrected chi connectivity index (χ4v) is 2.16. The summed E-state index contributed by atoms with van der Waals surface area (Å²) in [6, 6.07) is 14.5. The summed E-state index contributed by atoms with van der Waals surface area (Å²) in [5.74, 6) is -0.0752. The molecule has 2 rings (SSSR count). The summed E-state index contributed by atoms with van der Waals surface area (Å²) in [6.07, 6.45) is 1.93. The maximum atomic E-state index is 12.1. The van der Waals surface area contributed by atoms with Gasteiger partial charge < -0.3 is 16.0 Å². The van der Waals surface area contributed by atoms with E-state index in [0.29, 0.717) is 24.3 Å².